The molecule has 6 heteroatoms. The summed E-state index contributed by atoms with van der Waals surface area (Å²) < 4.78 is 0. The van der Waals surface area contributed by atoms with Crippen molar-refractivity contribution in [2.75, 3.05) is 26.7 Å². The Kier molecular flexibility index (Phi) is 7.28. The van der Waals surface area contributed by atoms with Gasteiger partial charge in [-0.05, 0) is 20.0 Å². The van der Waals surface area contributed by atoms with Crippen molar-refractivity contribution in [3.63, 3.8) is 0 Å². The molecule has 16 heavy (non-hydrogen) atoms. The zero-order valence-corrected chi connectivity index (χ0v) is 10.2. The van der Waals surface area contributed by atoms with Gasteiger partial charge in [0.25, 0.3) is 0 Å². The van der Waals surface area contributed by atoms with Crippen LogP contribution >= 0.6 is 0 Å². The van der Waals surface area contributed by atoms with E-state index >= 15 is 0 Å². The summed E-state index contributed by atoms with van der Waals surface area (Å²) in [4.78, 5) is 13.7. The first kappa shape index (κ1) is 14.7. The summed E-state index contributed by atoms with van der Waals surface area (Å²) in [6.45, 7) is 6.16. The highest BCUT2D eigenvalue weighted by Gasteiger charge is 2.20. The molecule has 0 fully saturated rings. The van der Waals surface area contributed by atoms with Crippen molar-refractivity contribution < 1.29 is 10.0 Å². The molecule has 0 aromatic heterocycles. The second-order valence-electron chi connectivity index (χ2n) is 3.67. The summed E-state index contributed by atoms with van der Waals surface area (Å²) in [5.74, 6) is -0.775. The summed E-state index contributed by atoms with van der Waals surface area (Å²) in [7, 11) is 1.98. The molecular weight excluding hydrogens is 208 g/mol. The molecule has 0 aliphatic heterocycles. The number of nitrogens with two attached hydrogens (primary N) is 1. The molecule has 0 rings (SSSR count). The maximum absolute atomic E-state index is 11.6. The van der Waals surface area contributed by atoms with Gasteiger partial charge in [0.1, 0.15) is 0 Å². The molecule has 0 aliphatic carbocycles. The van der Waals surface area contributed by atoms with E-state index in [-0.39, 0.29) is 11.7 Å². The van der Waals surface area contributed by atoms with Crippen molar-refractivity contribution in [1.29, 1.82) is 0 Å². The predicted molar refractivity (Wildman–Crippen MR) is 63.4 cm³/mol. The average Bonchev–Trinajstić information content (AvgIpc) is 2.29. The number of nitrogens with zero attached hydrogens (tertiary/aromatic N) is 2. The third kappa shape index (κ3) is 4.97. The van der Waals surface area contributed by atoms with Gasteiger partial charge in [-0.25, -0.2) is 0 Å². The van der Waals surface area contributed by atoms with E-state index in [0.29, 0.717) is 13.0 Å². The Morgan fingerprint density at radius 1 is 1.56 bits per heavy atom. The molecule has 1 amide bonds. The van der Waals surface area contributed by atoms with Crippen LogP contribution in [0, 0.1) is 5.92 Å². The number of amidine groups is 1. The standard InChI is InChI=1S/C10H22N4O2/c1-4-8(9(11)13-16)10(15)12-6-7-14(3)5-2/h8,16H,4-7H2,1-3H3,(H2,11,13)(H,12,15). The van der Waals surface area contributed by atoms with Crippen LogP contribution in [-0.2, 0) is 4.79 Å². The van der Waals surface area contributed by atoms with Crippen molar-refractivity contribution in [2.24, 2.45) is 16.8 Å². The third-order valence-electron chi connectivity index (χ3n) is 2.53. The first-order valence-corrected chi connectivity index (χ1v) is 5.50. The lowest BCUT2D eigenvalue weighted by Gasteiger charge is -2.16. The molecule has 0 bridgehead atoms. The topological polar surface area (TPSA) is 91.0 Å². The molecule has 0 spiro atoms. The number of carbonyl (C=O) groups is 1. The van der Waals surface area contributed by atoms with Crippen LogP contribution in [0.4, 0.5) is 0 Å². The Bertz CT molecular complexity index is 243. The second-order valence-corrected chi connectivity index (χ2v) is 3.67. The van der Waals surface area contributed by atoms with E-state index in [2.05, 4.69) is 15.4 Å². The van der Waals surface area contributed by atoms with Crippen LogP contribution in [0.25, 0.3) is 0 Å². The summed E-state index contributed by atoms with van der Waals surface area (Å²) in [5.41, 5.74) is 5.42. The average molecular weight is 230 g/mol. The van der Waals surface area contributed by atoms with Crippen molar-refractivity contribution >= 4 is 11.7 Å². The van der Waals surface area contributed by atoms with Gasteiger partial charge in [0.05, 0.1) is 5.92 Å². The zero-order chi connectivity index (χ0) is 12.6. The van der Waals surface area contributed by atoms with Gasteiger partial charge in [-0.2, -0.15) is 0 Å². The normalized spacial score (nSPS) is 13.9. The molecule has 6 nitrogen and oxygen atoms in total. The third-order valence-corrected chi connectivity index (χ3v) is 2.53. The van der Waals surface area contributed by atoms with Crippen molar-refractivity contribution in [3.05, 3.63) is 0 Å². The number of hydrogen-bond acceptors (Lipinski definition) is 4. The summed E-state index contributed by atoms with van der Waals surface area (Å²) in [6, 6.07) is 0. The van der Waals surface area contributed by atoms with E-state index in [4.69, 9.17) is 10.9 Å². The molecule has 1 unspecified atom stereocenters. The van der Waals surface area contributed by atoms with Crippen molar-refractivity contribution in [1.82, 2.24) is 10.2 Å². The smallest absolute Gasteiger partial charge is 0.230 e. The molecule has 94 valence electrons. The molecule has 0 aromatic carbocycles. The molecule has 0 heterocycles. The molecular formula is C10H22N4O2. The van der Waals surface area contributed by atoms with Crippen molar-refractivity contribution in [2.45, 2.75) is 20.3 Å². The molecule has 0 saturated carbocycles. The van der Waals surface area contributed by atoms with E-state index in [1.54, 1.807) is 0 Å². The minimum absolute atomic E-state index is 0.0381. The van der Waals surface area contributed by atoms with Gasteiger partial charge < -0.3 is 21.2 Å². The molecule has 0 radical (unpaired) electrons. The number of rotatable bonds is 7. The maximum atomic E-state index is 11.6. The van der Waals surface area contributed by atoms with Crippen LogP contribution < -0.4 is 11.1 Å². The Balaban J connectivity index is 4.04. The summed E-state index contributed by atoms with van der Waals surface area (Å²) in [5, 5.41) is 14.1. The Morgan fingerprint density at radius 2 is 2.19 bits per heavy atom. The Labute approximate surface area is 96.5 Å². The van der Waals surface area contributed by atoms with Crippen LogP contribution in [-0.4, -0.2) is 48.5 Å². The minimum atomic E-state index is -0.545. The largest absolute Gasteiger partial charge is 0.409 e. The number of amides is 1. The zero-order valence-electron chi connectivity index (χ0n) is 10.2. The first-order chi connectivity index (χ1) is 7.56. The van der Waals surface area contributed by atoms with E-state index in [9.17, 15) is 4.79 Å². The lowest BCUT2D eigenvalue weighted by molar-refractivity contribution is -0.123. The monoisotopic (exact) mass is 230 g/mol. The first-order valence-electron chi connectivity index (χ1n) is 5.50. The number of oxime groups is 1. The predicted octanol–water partition coefficient (Wildman–Crippen LogP) is -0.173. The molecule has 0 aliphatic rings. The van der Waals surface area contributed by atoms with Crippen LogP contribution in [0.15, 0.2) is 5.16 Å². The number of nitrogens with one attached hydrogen (secondary N) is 1. The number of carbonyl (C=O) groups excluding carboxylic acids is 1. The van der Waals surface area contributed by atoms with Crippen LogP contribution in [0.2, 0.25) is 0 Å². The van der Waals surface area contributed by atoms with Crippen LogP contribution in [0.5, 0.6) is 0 Å². The van der Waals surface area contributed by atoms with Gasteiger partial charge in [-0.15, -0.1) is 0 Å². The van der Waals surface area contributed by atoms with Gasteiger partial charge in [0.2, 0.25) is 5.91 Å². The molecule has 4 N–H and O–H groups in total. The van der Waals surface area contributed by atoms with E-state index in [0.717, 1.165) is 13.1 Å². The van der Waals surface area contributed by atoms with Crippen molar-refractivity contribution in [3.8, 4) is 0 Å². The van der Waals surface area contributed by atoms with Crippen LogP contribution in [0.3, 0.4) is 0 Å². The highest BCUT2D eigenvalue weighted by molar-refractivity contribution is 6.01. The fourth-order valence-corrected chi connectivity index (χ4v) is 1.25. The van der Waals surface area contributed by atoms with E-state index in [1.165, 1.54) is 0 Å². The van der Waals surface area contributed by atoms with Crippen LogP contribution in [0.1, 0.15) is 20.3 Å². The highest BCUT2D eigenvalue weighted by atomic mass is 16.4. The Morgan fingerprint density at radius 3 is 2.62 bits per heavy atom. The van der Waals surface area contributed by atoms with E-state index < -0.39 is 5.92 Å². The van der Waals surface area contributed by atoms with Gasteiger partial charge in [0.15, 0.2) is 5.84 Å². The second kappa shape index (κ2) is 7.92. The van der Waals surface area contributed by atoms with Gasteiger partial charge in [-0.3, -0.25) is 4.79 Å². The molecule has 0 aromatic rings. The Hall–Kier alpha value is -1.30. The lowest BCUT2D eigenvalue weighted by Crippen LogP contribution is -2.41. The summed E-state index contributed by atoms with van der Waals surface area (Å²) in [6.07, 6.45) is 0.519. The minimum Gasteiger partial charge on any atom is -0.409 e. The van der Waals surface area contributed by atoms with Gasteiger partial charge >= 0.3 is 0 Å². The molecule has 1 atom stereocenters. The van der Waals surface area contributed by atoms with Gasteiger partial charge in [0, 0.05) is 13.1 Å². The number of likely N-dealkylation sites (N-methyl/N-ethyl adjacent to an activating group) is 1. The van der Waals surface area contributed by atoms with Gasteiger partial charge in [-0.1, -0.05) is 19.0 Å². The van der Waals surface area contributed by atoms with E-state index in [1.807, 2.05) is 20.9 Å². The maximum Gasteiger partial charge on any atom is 0.230 e. The quantitative estimate of drug-likeness (QED) is 0.245. The molecule has 0 saturated heterocycles. The SMILES string of the molecule is CCC(C(=O)NCCN(C)CC)C(N)=NO. The summed E-state index contributed by atoms with van der Waals surface area (Å²) >= 11 is 0. The lowest BCUT2D eigenvalue weighted by atomic mass is 10.1. The fraction of sp³-hybridized carbons (Fsp3) is 0.800. The number of hydrogen-bond donors (Lipinski definition) is 3. The fourth-order valence-electron chi connectivity index (χ4n) is 1.25. The highest BCUT2D eigenvalue weighted by Crippen LogP contribution is 2.02.